The van der Waals surface area contributed by atoms with Crippen molar-refractivity contribution in [2.45, 2.75) is 30.2 Å². The van der Waals surface area contributed by atoms with Gasteiger partial charge in [-0.15, -0.1) is 0 Å². The van der Waals surface area contributed by atoms with E-state index in [2.05, 4.69) is 41.9 Å². The smallest absolute Gasteiger partial charge is 0.261 e. The molecule has 2 aliphatic rings. The third kappa shape index (κ3) is 4.40. The third-order valence-corrected chi connectivity index (χ3v) is 7.58. The van der Waals surface area contributed by atoms with Crippen molar-refractivity contribution in [2.75, 3.05) is 42.5 Å². The Hall–Kier alpha value is -3.32. The Bertz CT molecular complexity index is 1240. The number of amides is 2. The summed E-state index contributed by atoms with van der Waals surface area (Å²) in [7, 11) is 0. The van der Waals surface area contributed by atoms with Crippen molar-refractivity contribution >= 4 is 35.0 Å². The standard InChI is InChI=1S/C27H28N4O2S/c1-19-9-10-20(2)23(18-19)29-14-16-30(17-15-29)25(32)11-13-31-22-7-3-4-8-24(22)34-26-21(27(31)33)6-5-12-28-26/h3-10,12,18H,11,13-17H2,1-2H3. The number of anilines is 2. The van der Waals surface area contributed by atoms with Gasteiger partial charge in [0.2, 0.25) is 5.91 Å². The van der Waals surface area contributed by atoms with E-state index < -0.39 is 0 Å². The Morgan fingerprint density at radius 2 is 1.76 bits per heavy atom. The number of carbonyl (C=O) groups is 2. The summed E-state index contributed by atoms with van der Waals surface area (Å²) in [6.45, 7) is 7.61. The number of hydrogen-bond donors (Lipinski definition) is 0. The van der Waals surface area contributed by atoms with Crippen LogP contribution in [0.4, 0.5) is 11.4 Å². The Morgan fingerprint density at radius 3 is 2.59 bits per heavy atom. The van der Waals surface area contributed by atoms with Crippen LogP contribution in [0.1, 0.15) is 27.9 Å². The molecule has 0 spiro atoms. The molecule has 0 radical (unpaired) electrons. The monoisotopic (exact) mass is 472 g/mol. The number of aromatic nitrogens is 1. The average molecular weight is 473 g/mol. The lowest BCUT2D eigenvalue weighted by Gasteiger charge is -2.37. The van der Waals surface area contributed by atoms with Crippen molar-refractivity contribution < 1.29 is 9.59 Å². The van der Waals surface area contributed by atoms with Crippen LogP contribution in [-0.2, 0) is 4.79 Å². The second-order valence-corrected chi connectivity index (χ2v) is 9.82. The molecule has 3 aromatic rings. The number of rotatable bonds is 4. The lowest BCUT2D eigenvalue weighted by molar-refractivity contribution is -0.131. The maximum Gasteiger partial charge on any atom is 0.261 e. The van der Waals surface area contributed by atoms with Gasteiger partial charge in [0.25, 0.3) is 5.91 Å². The van der Waals surface area contributed by atoms with Gasteiger partial charge in [0, 0.05) is 55.9 Å². The van der Waals surface area contributed by atoms with Crippen LogP contribution < -0.4 is 9.80 Å². The summed E-state index contributed by atoms with van der Waals surface area (Å²) < 4.78 is 0. The molecule has 0 saturated carbocycles. The highest BCUT2D eigenvalue weighted by Gasteiger charge is 2.29. The van der Waals surface area contributed by atoms with Gasteiger partial charge in [-0.25, -0.2) is 4.98 Å². The van der Waals surface area contributed by atoms with E-state index in [1.807, 2.05) is 35.2 Å². The van der Waals surface area contributed by atoms with Crippen LogP contribution in [0.5, 0.6) is 0 Å². The first kappa shape index (κ1) is 22.5. The summed E-state index contributed by atoms with van der Waals surface area (Å²) in [6, 6.07) is 17.9. The molecule has 3 heterocycles. The quantitative estimate of drug-likeness (QED) is 0.558. The van der Waals surface area contributed by atoms with Crippen LogP contribution in [-0.4, -0.2) is 54.4 Å². The average Bonchev–Trinajstić information content (AvgIpc) is 2.98. The van der Waals surface area contributed by atoms with Gasteiger partial charge >= 0.3 is 0 Å². The number of carbonyl (C=O) groups excluding carboxylic acids is 2. The maximum absolute atomic E-state index is 13.4. The van der Waals surface area contributed by atoms with Crippen LogP contribution in [0, 0.1) is 13.8 Å². The van der Waals surface area contributed by atoms with E-state index in [1.54, 1.807) is 17.2 Å². The fraction of sp³-hybridized carbons (Fsp3) is 0.296. The molecule has 2 amide bonds. The Kier molecular flexibility index (Phi) is 6.28. The molecule has 2 aliphatic heterocycles. The van der Waals surface area contributed by atoms with Gasteiger partial charge in [0.1, 0.15) is 5.03 Å². The fourth-order valence-electron chi connectivity index (χ4n) is 4.60. The van der Waals surface area contributed by atoms with E-state index in [0.29, 0.717) is 36.6 Å². The SMILES string of the molecule is Cc1ccc(C)c(N2CCN(C(=O)CCN3C(=O)c4cccnc4Sc4ccccc43)CC2)c1. The molecule has 5 rings (SSSR count). The molecule has 174 valence electrons. The molecule has 1 fully saturated rings. The highest BCUT2D eigenvalue weighted by molar-refractivity contribution is 7.99. The van der Waals surface area contributed by atoms with Gasteiger partial charge in [-0.3, -0.25) is 9.59 Å². The van der Waals surface area contributed by atoms with E-state index >= 15 is 0 Å². The van der Waals surface area contributed by atoms with Crippen molar-refractivity contribution in [1.29, 1.82) is 0 Å². The van der Waals surface area contributed by atoms with Crippen molar-refractivity contribution in [3.63, 3.8) is 0 Å². The predicted molar refractivity (Wildman–Crippen MR) is 136 cm³/mol. The zero-order valence-corrected chi connectivity index (χ0v) is 20.3. The molecule has 2 aromatic carbocycles. The molecule has 1 aromatic heterocycles. The van der Waals surface area contributed by atoms with Gasteiger partial charge < -0.3 is 14.7 Å². The van der Waals surface area contributed by atoms with Crippen molar-refractivity contribution in [2.24, 2.45) is 0 Å². The summed E-state index contributed by atoms with van der Waals surface area (Å²) in [6.07, 6.45) is 2.00. The first-order valence-electron chi connectivity index (χ1n) is 11.6. The van der Waals surface area contributed by atoms with Crippen LogP contribution in [0.25, 0.3) is 0 Å². The topological polar surface area (TPSA) is 56.8 Å². The fourth-order valence-corrected chi connectivity index (χ4v) is 5.62. The molecule has 7 heteroatoms. The summed E-state index contributed by atoms with van der Waals surface area (Å²) in [5, 5.41) is 0.705. The normalized spacial score (nSPS) is 15.6. The van der Waals surface area contributed by atoms with Crippen LogP contribution >= 0.6 is 11.8 Å². The third-order valence-electron chi connectivity index (χ3n) is 6.50. The number of fused-ring (bicyclic) bond motifs is 2. The minimum absolute atomic E-state index is 0.0919. The Morgan fingerprint density at radius 1 is 0.971 bits per heavy atom. The van der Waals surface area contributed by atoms with Gasteiger partial charge in [-0.05, 0) is 55.3 Å². The highest BCUT2D eigenvalue weighted by Crippen LogP contribution is 2.40. The lowest BCUT2D eigenvalue weighted by atomic mass is 10.1. The number of pyridine rings is 1. The molecular formula is C27H28N4O2S. The molecular weight excluding hydrogens is 444 g/mol. The van der Waals surface area contributed by atoms with E-state index in [0.717, 1.165) is 23.7 Å². The number of aryl methyl sites for hydroxylation is 2. The summed E-state index contributed by atoms with van der Waals surface area (Å²) in [5.41, 5.74) is 5.18. The van der Waals surface area contributed by atoms with Crippen LogP contribution in [0.2, 0.25) is 0 Å². The van der Waals surface area contributed by atoms with Gasteiger partial charge in [0.05, 0.1) is 11.3 Å². The number of para-hydroxylation sites is 1. The van der Waals surface area contributed by atoms with Crippen molar-refractivity contribution in [3.8, 4) is 0 Å². The number of piperazine rings is 1. The molecule has 0 aliphatic carbocycles. The number of hydrogen-bond acceptors (Lipinski definition) is 5. The summed E-state index contributed by atoms with van der Waals surface area (Å²) >= 11 is 1.50. The van der Waals surface area contributed by atoms with E-state index in [1.165, 1.54) is 28.6 Å². The van der Waals surface area contributed by atoms with Crippen molar-refractivity contribution in [3.05, 3.63) is 77.5 Å². The summed E-state index contributed by atoms with van der Waals surface area (Å²) in [4.78, 5) is 37.9. The largest absolute Gasteiger partial charge is 0.368 e. The molecule has 0 unspecified atom stereocenters. The Balaban J connectivity index is 1.26. The molecule has 0 atom stereocenters. The molecule has 6 nitrogen and oxygen atoms in total. The van der Waals surface area contributed by atoms with Gasteiger partial charge in [-0.2, -0.15) is 0 Å². The Labute approximate surface area is 204 Å². The van der Waals surface area contributed by atoms with E-state index in [4.69, 9.17) is 0 Å². The van der Waals surface area contributed by atoms with Crippen LogP contribution in [0.15, 0.2) is 70.7 Å². The van der Waals surface area contributed by atoms with Gasteiger partial charge in [0.15, 0.2) is 0 Å². The second-order valence-electron chi connectivity index (χ2n) is 8.79. The van der Waals surface area contributed by atoms with Gasteiger partial charge in [-0.1, -0.05) is 36.0 Å². The minimum atomic E-state index is -0.104. The highest BCUT2D eigenvalue weighted by atomic mass is 32.2. The minimum Gasteiger partial charge on any atom is -0.368 e. The summed E-state index contributed by atoms with van der Waals surface area (Å²) in [5.74, 6) is -0.0118. The van der Waals surface area contributed by atoms with Crippen molar-refractivity contribution in [1.82, 2.24) is 9.88 Å². The second kappa shape index (κ2) is 9.50. The van der Waals surface area contributed by atoms with Crippen LogP contribution in [0.3, 0.4) is 0 Å². The molecule has 0 bridgehead atoms. The lowest BCUT2D eigenvalue weighted by Crippen LogP contribution is -2.49. The first-order valence-corrected chi connectivity index (χ1v) is 12.5. The number of benzene rings is 2. The predicted octanol–water partition coefficient (Wildman–Crippen LogP) is 4.55. The first-order chi connectivity index (χ1) is 16.5. The molecule has 1 saturated heterocycles. The molecule has 34 heavy (non-hydrogen) atoms. The zero-order chi connectivity index (χ0) is 23.7. The maximum atomic E-state index is 13.4. The molecule has 0 N–H and O–H groups in total. The number of nitrogens with zero attached hydrogens (tertiary/aromatic N) is 4. The van der Waals surface area contributed by atoms with E-state index in [-0.39, 0.29) is 11.8 Å². The van der Waals surface area contributed by atoms with E-state index in [9.17, 15) is 9.59 Å². The zero-order valence-electron chi connectivity index (χ0n) is 19.5.